The molecule has 0 radical (unpaired) electrons. The molecule has 2 aromatic carbocycles. The molecule has 1 aromatic heterocycles. The fourth-order valence-electron chi connectivity index (χ4n) is 3.24. The third kappa shape index (κ3) is 3.55. The number of nitrogens with zero attached hydrogens (tertiary/aromatic N) is 4. The third-order valence-corrected chi connectivity index (χ3v) is 4.66. The first-order chi connectivity index (χ1) is 12.8. The van der Waals surface area contributed by atoms with Crippen LogP contribution in [0.3, 0.4) is 0 Å². The molecule has 0 spiro atoms. The van der Waals surface area contributed by atoms with Crippen molar-refractivity contribution < 1.29 is 9.15 Å². The lowest BCUT2D eigenvalue weighted by Gasteiger charge is -2.35. The van der Waals surface area contributed by atoms with Gasteiger partial charge in [0.15, 0.2) is 0 Å². The Hall–Kier alpha value is -2.86. The molecule has 6 nitrogen and oxygen atoms in total. The van der Waals surface area contributed by atoms with E-state index in [0.29, 0.717) is 18.3 Å². The summed E-state index contributed by atoms with van der Waals surface area (Å²) in [5.41, 5.74) is 2.10. The van der Waals surface area contributed by atoms with Crippen LogP contribution in [0.2, 0.25) is 0 Å². The molecule has 0 saturated carbocycles. The van der Waals surface area contributed by atoms with E-state index in [1.165, 1.54) is 5.69 Å². The predicted molar refractivity (Wildman–Crippen MR) is 100 cm³/mol. The number of para-hydroxylation sites is 2. The lowest BCUT2D eigenvalue weighted by molar-refractivity contribution is 0.227. The number of hydrogen-bond donors (Lipinski definition) is 0. The Balaban J connectivity index is 1.38. The minimum absolute atomic E-state index is 0.500. The number of ether oxygens (including phenoxy) is 1. The highest BCUT2D eigenvalue weighted by atomic mass is 16.5. The van der Waals surface area contributed by atoms with Gasteiger partial charge in [-0.3, -0.25) is 4.90 Å². The second kappa shape index (κ2) is 7.58. The minimum Gasteiger partial charge on any atom is -0.496 e. The van der Waals surface area contributed by atoms with Crippen LogP contribution in [-0.4, -0.2) is 48.4 Å². The highest BCUT2D eigenvalue weighted by Crippen LogP contribution is 2.28. The molecule has 1 aliphatic rings. The molecule has 0 atom stereocenters. The van der Waals surface area contributed by atoms with Crippen LogP contribution in [0.1, 0.15) is 5.89 Å². The van der Waals surface area contributed by atoms with Crippen LogP contribution in [-0.2, 0) is 6.54 Å². The largest absolute Gasteiger partial charge is 0.496 e. The average molecular weight is 350 g/mol. The SMILES string of the molecule is COc1ccccc1-c1nnc(CN2CCN(c3ccccc3)CC2)o1. The Labute approximate surface area is 153 Å². The number of aromatic nitrogens is 2. The quantitative estimate of drug-likeness (QED) is 0.705. The van der Waals surface area contributed by atoms with Crippen molar-refractivity contribution in [1.29, 1.82) is 0 Å². The Kier molecular flexibility index (Phi) is 4.84. The molecule has 4 rings (SSSR count). The van der Waals surface area contributed by atoms with E-state index in [1.54, 1.807) is 7.11 Å². The van der Waals surface area contributed by atoms with Crippen LogP contribution < -0.4 is 9.64 Å². The summed E-state index contributed by atoms with van der Waals surface area (Å²) < 4.78 is 11.2. The molecule has 0 aliphatic carbocycles. The lowest BCUT2D eigenvalue weighted by atomic mass is 10.2. The van der Waals surface area contributed by atoms with Crippen molar-refractivity contribution in [2.75, 3.05) is 38.2 Å². The normalized spacial score (nSPS) is 15.2. The van der Waals surface area contributed by atoms with Gasteiger partial charge in [0.25, 0.3) is 5.89 Å². The highest BCUT2D eigenvalue weighted by Gasteiger charge is 2.20. The van der Waals surface area contributed by atoms with Gasteiger partial charge in [0.05, 0.1) is 19.2 Å². The zero-order valence-electron chi connectivity index (χ0n) is 14.8. The first-order valence-electron chi connectivity index (χ1n) is 8.81. The van der Waals surface area contributed by atoms with E-state index in [4.69, 9.17) is 9.15 Å². The summed E-state index contributed by atoms with van der Waals surface area (Å²) in [4.78, 5) is 4.75. The van der Waals surface area contributed by atoms with E-state index in [2.05, 4.69) is 50.3 Å². The summed E-state index contributed by atoms with van der Waals surface area (Å²) in [5, 5.41) is 8.40. The number of methoxy groups -OCH3 is 1. The van der Waals surface area contributed by atoms with Crippen molar-refractivity contribution in [3.8, 4) is 17.2 Å². The van der Waals surface area contributed by atoms with Crippen LogP contribution >= 0.6 is 0 Å². The van der Waals surface area contributed by atoms with Gasteiger partial charge < -0.3 is 14.1 Å². The van der Waals surface area contributed by atoms with Gasteiger partial charge in [-0.1, -0.05) is 30.3 Å². The molecule has 134 valence electrons. The van der Waals surface area contributed by atoms with Gasteiger partial charge in [-0.25, -0.2) is 0 Å². The molecule has 26 heavy (non-hydrogen) atoms. The number of rotatable bonds is 5. The molecule has 0 N–H and O–H groups in total. The Morgan fingerprint density at radius 2 is 1.65 bits per heavy atom. The number of benzene rings is 2. The molecule has 1 saturated heterocycles. The molecule has 3 aromatic rings. The topological polar surface area (TPSA) is 54.6 Å². The molecule has 1 aliphatic heterocycles. The smallest absolute Gasteiger partial charge is 0.251 e. The Morgan fingerprint density at radius 3 is 2.42 bits per heavy atom. The highest BCUT2D eigenvalue weighted by molar-refractivity contribution is 5.62. The molecule has 6 heteroatoms. The van der Waals surface area contributed by atoms with Gasteiger partial charge in [-0.15, -0.1) is 10.2 Å². The molecular weight excluding hydrogens is 328 g/mol. The zero-order valence-corrected chi connectivity index (χ0v) is 14.8. The number of hydrogen-bond acceptors (Lipinski definition) is 6. The van der Waals surface area contributed by atoms with Crippen LogP contribution in [0.15, 0.2) is 59.0 Å². The first kappa shape index (κ1) is 16.6. The molecule has 2 heterocycles. The third-order valence-electron chi connectivity index (χ3n) is 4.66. The van der Waals surface area contributed by atoms with E-state index in [0.717, 1.165) is 37.5 Å². The first-order valence-corrected chi connectivity index (χ1v) is 8.81. The van der Waals surface area contributed by atoms with Gasteiger partial charge in [0.2, 0.25) is 5.89 Å². The maximum Gasteiger partial charge on any atom is 0.251 e. The van der Waals surface area contributed by atoms with Crippen molar-refractivity contribution in [3.05, 3.63) is 60.5 Å². The van der Waals surface area contributed by atoms with Gasteiger partial charge in [0, 0.05) is 31.9 Å². The van der Waals surface area contributed by atoms with E-state index >= 15 is 0 Å². The molecule has 0 bridgehead atoms. The molecule has 0 unspecified atom stereocenters. The maximum absolute atomic E-state index is 5.87. The molecular formula is C20H22N4O2. The summed E-state index contributed by atoms with van der Waals surface area (Å²) in [7, 11) is 1.64. The summed E-state index contributed by atoms with van der Waals surface area (Å²) in [6.07, 6.45) is 0. The monoisotopic (exact) mass is 350 g/mol. The lowest BCUT2D eigenvalue weighted by Crippen LogP contribution is -2.46. The van der Waals surface area contributed by atoms with Gasteiger partial charge in [-0.2, -0.15) is 0 Å². The minimum atomic E-state index is 0.500. The van der Waals surface area contributed by atoms with Crippen LogP contribution in [0, 0.1) is 0 Å². The van der Waals surface area contributed by atoms with Crippen molar-refractivity contribution >= 4 is 5.69 Å². The summed E-state index contributed by atoms with van der Waals surface area (Å²) >= 11 is 0. The van der Waals surface area contributed by atoms with E-state index in [9.17, 15) is 0 Å². The summed E-state index contributed by atoms with van der Waals surface area (Å²) in [6.45, 7) is 4.61. The van der Waals surface area contributed by atoms with Crippen molar-refractivity contribution in [2.45, 2.75) is 6.54 Å². The fourth-order valence-corrected chi connectivity index (χ4v) is 3.24. The maximum atomic E-state index is 5.87. The van der Waals surface area contributed by atoms with Crippen molar-refractivity contribution in [3.63, 3.8) is 0 Å². The fraction of sp³-hybridized carbons (Fsp3) is 0.300. The standard InChI is InChI=1S/C20H22N4O2/c1-25-18-10-6-5-9-17(18)20-22-21-19(26-20)15-23-11-13-24(14-12-23)16-7-3-2-4-8-16/h2-10H,11-15H2,1H3. The van der Waals surface area contributed by atoms with Gasteiger partial charge >= 0.3 is 0 Å². The van der Waals surface area contributed by atoms with Crippen molar-refractivity contribution in [1.82, 2.24) is 15.1 Å². The Bertz CT molecular complexity index is 842. The van der Waals surface area contributed by atoms with Crippen LogP contribution in [0.25, 0.3) is 11.5 Å². The van der Waals surface area contributed by atoms with E-state index < -0.39 is 0 Å². The second-order valence-electron chi connectivity index (χ2n) is 6.30. The Morgan fingerprint density at radius 1 is 0.923 bits per heavy atom. The summed E-state index contributed by atoms with van der Waals surface area (Å²) in [5.74, 6) is 1.87. The number of anilines is 1. The molecule has 1 fully saturated rings. The van der Waals surface area contributed by atoms with Gasteiger partial charge in [-0.05, 0) is 24.3 Å². The van der Waals surface area contributed by atoms with E-state index in [1.807, 2.05) is 24.3 Å². The van der Waals surface area contributed by atoms with E-state index in [-0.39, 0.29) is 0 Å². The molecule has 0 amide bonds. The summed E-state index contributed by atoms with van der Waals surface area (Å²) in [6, 6.07) is 18.2. The number of piperazine rings is 1. The zero-order chi connectivity index (χ0) is 17.8. The van der Waals surface area contributed by atoms with Crippen LogP contribution in [0.4, 0.5) is 5.69 Å². The van der Waals surface area contributed by atoms with Gasteiger partial charge in [0.1, 0.15) is 5.75 Å². The second-order valence-corrected chi connectivity index (χ2v) is 6.30. The van der Waals surface area contributed by atoms with Crippen molar-refractivity contribution in [2.24, 2.45) is 0 Å². The average Bonchev–Trinajstić information content (AvgIpc) is 3.17. The predicted octanol–water partition coefficient (Wildman–Crippen LogP) is 3.07. The van der Waals surface area contributed by atoms with Crippen LogP contribution in [0.5, 0.6) is 5.75 Å².